The number of nitrogens with zero attached hydrogens (tertiary/aromatic N) is 5. The van der Waals surface area contributed by atoms with Crippen LogP contribution < -0.4 is 4.90 Å². The predicted octanol–water partition coefficient (Wildman–Crippen LogP) is 1.64. The van der Waals surface area contributed by atoms with Gasteiger partial charge in [0.2, 0.25) is 5.91 Å². The molecule has 1 aromatic rings. The summed E-state index contributed by atoms with van der Waals surface area (Å²) in [7, 11) is 0. The van der Waals surface area contributed by atoms with Crippen molar-refractivity contribution in [2.45, 2.75) is 44.4 Å². The van der Waals surface area contributed by atoms with Gasteiger partial charge >= 0.3 is 0 Å². The minimum Gasteiger partial charge on any atom is -0.354 e. The molecule has 2 saturated heterocycles. The molecule has 1 atom stereocenters. The van der Waals surface area contributed by atoms with E-state index in [1.165, 1.54) is 0 Å². The maximum Gasteiger partial charge on any atom is 0.240 e. The van der Waals surface area contributed by atoms with E-state index in [1.54, 1.807) is 11.8 Å². The summed E-state index contributed by atoms with van der Waals surface area (Å²) in [5.74, 6) is 1.34. The second-order valence-electron chi connectivity index (χ2n) is 6.82. The summed E-state index contributed by atoms with van der Waals surface area (Å²) in [5.41, 5.74) is 1.11. The molecule has 0 bridgehead atoms. The lowest BCUT2D eigenvalue weighted by atomic mass is 10.1. The Labute approximate surface area is 148 Å². The van der Waals surface area contributed by atoms with Gasteiger partial charge in [-0.1, -0.05) is 11.8 Å². The van der Waals surface area contributed by atoms with Gasteiger partial charge in [0.15, 0.2) is 5.16 Å². The van der Waals surface area contributed by atoms with Crippen molar-refractivity contribution in [1.82, 2.24) is 19.8 Å². The average molecular weight is 350 g/mol. The quantitative estimate of drug-likeness (QED) is 0.608. The zero-order chi connectivity index (χ0) is 17.3. The fourth-order valence-corrected chi connectivity index (χ4v) is 3.96. The Kier molecular flexibility index (Phi) is 5.30. The fraction of sp³-hybridized carbons (Fsp3) is 0.706. The van der Waals surface area contributed by atoms with Gasteiger partial charge in [-0.15, -0.1) is 0 Å². The van der Waals surface area contributed by atoms with Gasteiger partial charge in [-0.05, 0) is 33.4 Å². The Morgan fingerprint density at radius 1 is 1.21 bits per heavy atom. The smallest absolute Gasteiger partial charge is 0.240 e. The van der Waals surface area contributed by atoms with Gasteiger partial charge in [0, 0.05) is 50.5 Å². The third kappa shape index (κ3) is 3.37. The van der Waals surface area contributed by atoms with E-state index in [9.17, 15) is 4.79 Å². The van der Waals surface area contributed by atoms with Crippen LogP contribution in [0, 0.1) is 6.92 Å². The summed E-state index contributed by atoms with van der Waals surface area (Å²) < 4.78 is 0. The van der Waals surface area contributed by atoms with Crippen molar-refractivity contribution in [2.75, 3.05) is 43.9 Å². The maximum atomic E-state index is 12.6. The Hall–Kier alpha value is -1.34. The Morgan fingerprint density at radius 2 is 1.92 bits per heavy atom. The van der Waals surface area contributed by atoms with Crippen molar-refractivity contribution < 1.29 is 4.79 Å². The first kappa shape index (κ1) is 17.5. The predicted molar refractivity (Wildman–Crippen MR) is 97.6 cm³/mol. The van der Waals surface area contributed by atoms with Crippen molar-refractivity contribution in [3.63, 3.8) is 0 Å². The Morgan fingerprint density at radius 3 is 2.50 bits per heavy atom. The van der Waals surface area contributed by atoms with Crippen LogP contribution in [0.3, 0.4) is 0 Å². The number of hydrogen-bond acceptors (Lipinski definition) is 6. The summed E-state index contributed by atoms with van der Waals surface area (Å²) in [5, 5.41) is 0.816. The van der Waals surface area contributed by atoms with E-state index in [1.807, 2.05) is 17.4 Å². The monoisotopic (exact) mass is 349 g/mol. The molecule has 0 saturated carbocycles. The van der Waals surface area contributed by atoms with Gasteiger partial charge in [-0.3, -0.25) is 9.69 Å². The molecule has 0 N–H and O–H groups in total. The molecule has 2 aliphatic rings. The number of rotatable bonds is 4. The van der Waals surface area contributed by atoms with Crippen LogP contribution in [0.5, 0.6) is 0 Å². The van der Waals surface area contributed by atoms with E-state index >= 15 is 0 Å². The SMILES string of the molecule is CSc1ncc(C)c(N2CCN(C3CCN(C(C)C)C3=O)CC2)n1. The molecule has 3 heterocycles. The molecule has 6 nitrogen and oxygen atoms in total. The molecule has 1 amide bonds. The molecular formula is C17H27N5OS. The molecule has 0 aromatic carbocycles. The molecule has 0 spiro atoms. The maximum absolute atomic E-state index is 12.6. The number of anilines is 1. The summed E-state index contributed by atoms with van der Waals surface area (Å²) in [4.78, 5) is 28.3. The van der Waals surface area contributed by atoms with Crippen LogP contribution in [0.15, 0.2) is 11.4 Å². The highest BCUT2D eigenvalue weighted by Gasteiger charge is 2.38. The minimum absolute atomic E-state index is 0.0720. The fourth-order valence-electron chi connectivity index (χ4n) is 3.62. The Bertz CT molecular complexity index is 601. The van der Waals surface area contributed by atoms with Crippen LogP contribution >= 0.6 is 11.8 Å². The van der Waals surface area contributed by atoms with E-state index in [-0.39, 0.29) is 6.04 Å². The van der Waals surface area contributed by atoms with Crippen molar-refractivity contribution in [3.05, 3.63) is 11.8 Å². The van der Waals surface area contributed by atoms with Crippen molar-refractivity contribution >= 4 is 23.5 Å². The van der Waals surface area contributed by atoms with Crippen LogP contribution in [0.2, 0.25) is 0 Å². The molecule has 0 aliphatic carbocycles. The van der Waals surface area contributed by atoms with Crippen LogP contribution in [-0.2, 0) is 4.79 Å². The first-order valence-corrected chi connectivity index (χ1v) is 9.91. The lowest BCUT2D eigenvalue weighted by molar-refractivity contribution is -0.133. The number of piperazine rings is 1. The molecule has 2 aliphatic heterocycles. The normalized spacial score (nSPS) is 22.7. The van der Waals surface area contributed by atoms with E-state index in [0.717, 1.165) is 55.7 Å². The molecule has 132 valence electrons. The second-order valence-corrected chi connectivity index (χ2v) is 7.59. The van der Waals surface area contributed by atoms with E-state index in [0.29, 0.717) is 11.9 Å². The number of aromatic nitrogens is 2. The molecule has 24 heavy (non-hydrogen) atoms. The van der Waals surface area contributed by atoms with Gasteiger partial charge < -0.3 is 9.80 Å². The number of aryl methyl sites for hydroxylation is 1. The first-order chi connectivity index (χ1) is 11.5. The molecule has 2 fully saturated rings. The highest BCUT2D eigenvalue weighted by molar-refractivity contribution is 7.98. The lowest BCUT2D eigenvalue weighted by Gasteiger charge is -2.38. The zero-order valence-corrected chi connectivity index (χ0v) is 15.8. The van der Waals surface area contributed by atoms with Crippen LogP contribution in [-0.4, -0.2) is 76.7 Å². The third-order valence-corrected chi connectivity index (χ3v) is 5.56. The summed E-state index contributed by atoms with van der Waals surface area (Å²) in [6, 6.07) is 0.375. The number of carbonyl (C=O) groups is 1. The molecule has 1 unspecified atom stereocenters. The van der Waals surface area contributed by atoms with Crippen LogP contribution in [0.4, 0.5) is 5.82 Å². The van der Waals surface area contributed by atoms with E-state index in [2.05, 4.69) is 40.5 Å². The first-order valence-electron chi connectivity index (χ1n) is 8.68. The van der Waals surface area contributed by atoms with Gasteiger partial charge in [0.25, 0.3) is 0 Å². The van der Waals surface area contributed by atoms with E-state index in [4.69, 9.17) is 0 Å². The Balaban J connectivity index is 1.63. The number of carbonyl (C=O) groups excluding carboxylic acids is 1. The minimum atomic E-state index is 0.0720. The van der Waals surface area contributed by atoms with Crippen molar-refractivity contribution in [3.8, 4) is 0 Å². The molecule has 3 rings (SSSR count). The molecule has 7 heteroatoms. The topological polar surface area (TPSA) is 52.6 Å². The van der Waals surface area contributed by atoms with Crippen LogP contribution in [0.1, 0.15) is 25.8 Å². The summed E-state index contributed by atoms with van der Waals surface area (Å²) in [6.45, 7) is 10.8. The average Bonchev–Trinajstić information content (AvgIpc) is 2.97. The van der Waals surface area contributed by atoms with Gasteiger partial charge in [0.05, 0.1) is 6.04 Å². The number of thioether (sulfide) groups is 1. The lowest BCUT2D eigenvalue weighted by Crippen LogP contribution is -2.53. The van der Waals surface area contributed by atoms with Crippen LogP contribution in [0.25, 0.3) is 0 Å². The molecular weight excluding hydrogens is 322 g/mol. The summed E-state index contributed by atoms with van der Waals surface area (Å²) >= 11 is 1.57. The largest absolute Gasteiger partial charge is 0.354 e. The molecule has 0 radical (unpaired) electrons. The third-order valence-electron chi connectivity index (χ3n) is 4.99. The highest BCUT2D eigenvalue weighted by Crippen LogP contribution is 2.24. The number of likely N-dealkylation sites (tertiary alicyclic amines) is 1. The van der Waals surface area contributed by atoms with E-state index < -0.39 is 0 Å². The van der Waals surface area contributed by atoms with Crippen molar-refractivity contribution in [1.29, 1.82) is 0 Å². The number of hydrogen-bond donors (Lipinski definition) is 0. The van der Waals surface area contributed by atoms with Gasteiger partial charge in [-0.25, -0.2) is 9.97 Å². The van der Waals surface area contributed by atoms with Gasteiger partial charge in [-0.2, -0.15) is 0 Å². The summed E-state index contributed by atoms with van der Waals surface area (Å²) in [6.07, 6.45) is 4.86. The standard InChI is InChI=1S/C17H27N5OS/c1-12(2)22-6-5-14(16(22)23)20-7-9-21(10-8-20)15-13(3)11-18-17(19-15)24-4/h11-12,14H,5-10H2,1-4H3. The van der Waals surface area contributed by atoms with Gasteiger partial charge in [0.1, 0.15) is 5.82 Å². The second kappa shape index (κ2) is 7.27. The molecule has 1 aromatic heterocycles. The number of amides is 1. The zero-order valence-electron chi connectivity index (χ0n) is 15.0. The van der Waals surface area contributed by atoms with Crippen molar-refractivity contribution in [2.24, 2.45) is 0 Å². The highest BCUT2D eigenvalue weighted by atomic mass is 32.2.